The maximum Gasteiger partial charge on any atom is 0.220 e. The molecule has 1 amide bonds. The summed E-state index contributed by atoms with van der Waals surface area (Å²) in [6, 6.07) is 0.543. The summed E-state index contributed by atoms with van der Waals surface area (Å²) in [6.45, 7) is 2.80. The summed E-state index contributed by atoms with van der Waals surface area (Å²) in [6.07, 6.45) is 5.87. The SMILES string of the molecule is CC(CN)CCC(=O)NC1C2C3CCC(C3)C12. The normalized spacial score (nSPS) is 43.3. The smallest absolute Gasteiger partial charge is 0.220 e. The molecule has 0 heterocycles. The van der Waals surface area contributed by atoms with E-state index in [0.717, 1.165) is 30.1 Å². The van der Waals surface area contributed by atoms with Crippen molar-refractivity contribution in [1.29, 1.82) is 0 Å². The fourth-order valence-corrected chi connectivity index (χ4v) is 4.27. The average molecular weight is 236 g/mol. The minimum absolute atomic E-state index is 0.254. The molecule has 3 heteroatoms. The third-order valence-corrected chi connectivity index (χ3v) is 5.33. The van der Waals surface area contributed by atoms with Crippen LogP contribution in [0.3, 0.4) is 0 Å². The molecule has 0 aromatic rings. The molecule has 0 aromatic heterocycles. The standard InChI is InChI=1S/C14H24N2O/c1-8(7-15)2-5-11(17)16-14-12-9-3-4-10(6-9)13(12)14/h8-10,12-14H,2-7,15H2,1H3,(H,16,17). The number of amides is 1. The summed E-state index contributed by atoms with van der Waals surface area (Å²) in [5, 5.41) is 3.26. The second-order valence-corrected chi connectivity index (χ2v) is 6.46. The van der Waals surface area contributed by atoms with Gasteiger partial charge in [0.25, 0.3) is 0 Å². The van der Waals surface area contributed by atoms with E-state index >= 15 is 0 Å². The van der Waals surface area contributed by atoms with E-state index < -0.39 is 0 Å². The number of nitrogens with two attached hydrogens (primary N) is 1. The quantitative estimate of drug-likeness (QED) is 0.760. The maximum absolute atomic E-state index is 11.8. The number of carbonyl (C=O) groups is 1. The van der Waals surface area contributed by atoms with Gasteiger partial charge in [-0.2, -0.15) is 0 Å². The van der Waals surface area contributed by atoms with Crippen LogP contribution in [0, 0.1) is 29.6 Å². The fourth-order valence-electron chi connectivity index (χ4n) is 4.27. The topological polar surface area (TPSA) is 55.1 Å². The molecule has 0 saturated heterocycles. The molecule has 3 fully saturated rings. The lowest BCUT2D eigenvalue weighted by Gasteiger charge is -2.12. The molecule has 2 bridgehead atoms. The van der Waals surface area contributed by atoms with Gasteiger partial charge in [-0.15, -0.1) is 0 Å². The van der Waals surface area contributed by atoms with Gasteiger partial charge in [0.2, 0.25) is 5.91 Å². The van der Waals surface area contributed by atoms with Gasteiger partial charge in [-0.05, 0) is 61.8 Å². The molecule has 3 saturated carbocycles. The molecule has 3 N–H and O–H groups in total. The first-order valence-electron chi connectivity index (χ1n) is 7.20. The number of nitrogens with one attached hydrogen (secondary N) is 1. The molecular formula is C14H24N2O. The second kappa shape index (κ2) is 4.27. The van der Waals surface area contributed by atoms with Crippen LogP contribution < -0.4 is 11.1 Å². The first-order chi connectivity index (χ1) is 8.20. The largest absolute Gasteiger partial charge is 0.353 e. The molecule has 3 aliphatic rings. The van der Waals surface area contributed by atoms with Crippen LogP contribution in [0.5, 0.6) is 0 Å². The van der Waals surface area contributed by atoms with Crippen LogP contribution in [0.15, 0.2) is 0 Å². The van der Waals surface area contributed by atoms with E-state index in [0.29, 0.717) is 24.9 Å². The Kier molecular flexibility index (Phi) is 2.89. The first kappa shape index (κ1) is 11.5. The van der Waals surface area contributed by atoms with Crippen molar-refractivity contribution in [3.63, 3.8) is 0 Å². The van der Waals surface area contributed by atoms with Gasteiger partial charge in [-0.3, -0.25) is 4.79 Å². The fraction of sp³-hybridized carbons (Fsp3) is 0.929. The highest BCUT2D eigenvalue weighted by molar-refractivity contribution is 5.76. The van der Waals surface area contributed by atoms with Crippen LogP contribution in [0.25, 0.3) is 0 Å². The molecule has 0 aromatic carbocycles. The zero-order chi connectivity index (χ0) is 12.0. The van der Waals surface area contributed by atoms with Gasteiger partial charge in [0.05, 0.1) is 0 Å². The van der Waals surface area contributed by atoms with Gasteiger partial charge in [0, 0.05) is 12.5 Å². The predicted molar refractivity (Wildman–Crippen MR) is 67.2 cm³/mol. The Labute approximate surface area is 104 Å². The van der Waals surface area contributed by atoms with Crippen molar-refractivity contribution in [2.45, 2.75) is 45.1 Å². The van der Waals surface area contributed by atoms with E-state index in [-0.39, 0.29) is 5.91 Å². The van der Waals surface area contributed by atoms with Crippen molar-refractivity contribution in [3.05, 3.63) is 0 Å². The molecular weight excluding hydrogens is 212 g/mol. The third-order valence-electron chi connectivity index (χ3n) is 5.33. The minimum atomic E-state index is 0.254. The van der Waals surface area contributed by atoms with E-state index in [9.17, 15) is 4.79 Å². The molecule has 3 aliphatic carbocycles. The molecule has 3 rings (SSSR count). The van der Waals surface area contributed by atoms with Crippen molar-refractivity contribution in [3.8, 4) is 0 Å². The van der Waals surface area contributed by atoms with E-state index in [1.54, 1.807) is 0 Å². The number of rotatable bonds is 5. The lowest BCUT2D eigenvalue weighted by molar-refractivity contribution is -0.121. The van der Waals surface area contributed by atoms with Crippen molar-refractivity contribution in [2.24, 2.45) is 35.3 Å². The van der Waals surface area contributed by atoms with Crippen LogP contribution in [0.2, 0.25) is 0 Å². The van der Waals surface area contributed by atoms with Gasteiger partial charge in [0.1, 0.15) is 0 Å². The second-order valence-electron chi connectivity index (χ2n) is 6.46. The van der Waals surface area contributed by atoms with E-state index in [1.807, 2.05) is 0 Å². The Morgan fingerprint density at radius 2 is 2.00 bits per heavy atom. The molecule has 17 heavy (non-hydrogen) atoms. The summed E-state index contributed by atoms with van der Waals surface area (Å²) < 4.78 is 0. The van der Waals surface area contributed by atoms with Gasteiger partial charge >= 0.3 is 0 Å². The average Bonchev–Trinajstić information content (AvgIpc) is 2.75. The Morgan fingerprint density at radius 1 is 1.35 bits per heavy atom. The van der Waals surface area contributed by atoms with Crippen molar-refractivity contribution < 1.29 is 4.79 Å². The lowest BCUT2D eigenvalue weighted by atomic mass is 10.0. The van der Waals surface area contributed by atoms with Crippen molar-refractivity contribution in [2.75, 3.05) is 6.54 Å². The Bertz CT molecular complexity index is 301. The number of carbonyl (C=O) groups excluding carboxylic acids is 1. The monoisotopic (exact) mass is 236 g/mol. The maximum atomic E-state index is 11.8. The molecule has 5 unspecified atom stereocenters. The van der Waals surface area contributed by atoms with Crippen LogP contribution in [-0.4, -0.2) is 18.5 Å². The Hall–Kier alpha value is -0.570. The van der Waals surface area contributed by atoms with E-state index in [2.05, 4.69) is 12.2 Å². The summed E-state index contributed by atoms with van der Waals surface area (Å²) in [5.74, 6) is 4.31. The molecule has 0 spiro atoms. The molecule has 96 valence electrons. The highest BCUT2D eigenvalue weighted by Gasteiger charge is 2.65. The van der Waals surface area contributed by atoms with Gasteiger partial charge in [-0.1, -0.05) is 6.92 Å². The zero-order valence-electron chi connectivity index (χ0n) is 10.7. The van der Waals surface area contributed by atoms with Crippen molar-refractivity contribution >= 4 is 5.91 Å². The summed E-state index contributed by atoms with van der Waals surface area (Å²) in [4.78, 5) is 11.8. The van der Waals surface area contributed by atoms with Crippen molar-refractivity contribution in [1.82, 2.24) is 5.32 Å². The third kappa shape index (κ3) is 1.99. The Morgan fingerprint density at radius 3 is 2.59 bits per heavy atom. The molecule has 3 nitrogen and oxygen atoms in total. The minimum Gasteiger partial charge on any atom is -0.353 e. The van der Waals surface area contributed by atoms with Crippen LogP contribution in [-0.2, 0) is 4.79 Å². The van der Waals surface area contributed by atoms with Crippen LogP contribution >= 0.6 is 0 Å². The number of hydrogen-bond donors (Lipinski definition) is 2. The highest BCUT2D eigenvalue weighted by Crippen LogP contribution is 2.65. The van der Waals surface area contributed by atoms with Crippen LogP contribution in [0.4, 0.5) is 0 Å². The molecule has 0 aliphatic heterocycles. The molecule has 5 atom stereocenters. The highest BCUT2D eigenvalue weighted by atomic mass is 16.1. The van der Waals surface area contributed by atoms with Gasteiger partial charge in [0.15, 0.2) is 0 Å². The molecule has 0 radical (unpaired) electrons. The summed E-state index contributed by atoms with van der Waals surface area (Å²) >= 11 is 0. The predicted octanol–water partition coefficient (Wildman–Crippen LogP) is 1.52. The van der Waals surface area contributed by atoms with E-state index in [1.165, 1.54) is 19.3 Å². The lowest BCUT2D eigenvalue weighted by Crippen LogP contribution is -2.30. The number of fused-ring (bicyclic) bond motifs is 5. The number of hydrogen-bond acceptors (Lipinski definition) is 2. The summed E-state index contributed by atoms with van der Waals surface area (Å²) in [5.41, 5.74) is 5.56. The van der Waals surface area contributed by atoms with E-state index in [4.69, 9.17) is 5.73 Å². The van der Waals surface area contributed by atoms with Crippen LogP contribution in [0.1, 0.15) is 39.0 Å². The Balaban J connectivity index is 1.42. The zero-order valence-corrected chi connectivity index (χ0v) is 10.7. The summed E-state index contributed by atoms with van der Waals surface area (Å²) in [7, 11) is 0. The van der Waals surface area contributed by atoms with Gasteiger partial charge < -0.3 is 11.1 Å². The first-order valence-corrected chi connectivity index (χ1v) is 7.20. The van der Waals surface area contributed by atoms with Gasteiger partial charge in [-0.25, -0.2) is 0 Å².